The molecule has 0 heterocycles. The molecule has 2 atom stereocenters. The van der Waals surface area contributed by atoms with Crippen molar-refractivity contribution in [3.05, 3.63) is 0 Å². The smallest absolute Gasteiger partial charge is 0.0570 e. The number of nitrogens with one attached hydrogen (secondary N) is 1. The summed E-state index contributed by atoms with van der Waals surface area (Å²) in [6.45, 7) is 2.30. The normalized spacial score (nSPS) is 49.6. The van der Waals surface area contributed by atoms with Gasteiger partial charge in [0, 0.05) is 12.1 Å². The third-order valence-electron chi connectivity index (χ3n) is 3.18. The second-order valence-electron chi connectivity index (χ2n) is 4.15. The monoisotopic (exact) mass is 155 g/mol. The van der Waals surface area contributed by atoms with Crippen molar-refractivity contribution in [3.8, 4) is 0 Å². The van der Waals surface area contributed by atoms with Gasteiger partial charge >= 0.3 is 0 Å². The third kappa shape index (κ3) is 1.42. The molecule has 2 nitrogen and oxygen atoms in total. The molecule has 2 aliphatic carbocycles. The molecule has 0 radical (unpaired) electrons. The Hall–Kier alpha value is -0.0800. The van der Waals surface area contributed by atoms with E-state index >= 15 is 0 Å². The molecule has 0 bridgehead atoms. The van der Waals surface area contributed by atoms with Gasteiger partial charge in [-0.1, -0.05) is 6.92 Å². The summed E-state index contributed by atoms with van der Waals surface area (Å²) in [5, 5.41) is 12.6. The summed E-state index contributed by atoms with van der Waals surface area (Å²) >= 11 is 0. The summed E-state index contributed by atoms with van der Waals surface area (Å²) in [5.74, 6) is 0.868. The number of rotatable bonds is 2. The lowest BCUT2D eigenvalue weighted by molar-refractivity contribution is 0.0452. The molecule has 0 aromatic heterocycles. The van der Waals surface area contributed by atoms with E-state index in [1.54, 1.807) is 0 Å². The molecule has 2 rings (SSSR count). The minimum Gasteiger partial charge on any atom is -0.393 e. The number of hydrogen-bond donors (Lipinski definition) is 2. The van der Waals surface area contributed by atoms with Gasteiger partial charge in [0.05, 0.1) is 6.10 Å². The number of aliphatic hydroxyl groups excluding tert-OH is 1. The van der Waals surface area contributed by atoms with Gasteiger partial charge in [0.25, 0.3) is 0 Å². The van der Waals surface area contributed by atoms with Crippen LogP contribution in [0.1, 0.15) is 32.6 Å². The average Bonchev–Trinajstić information content (AvgIpc) is 1.92. The first-order valence-electron chi connectivity index (χ1n) is 4.70. The van der Waals surface area contributed by atoms with Crippen LogP contribution in [-0.2, 0) is 0 Å². The van der Waals surface area contributed by atoms with Gasteiger partial charge < -0.3 is 10.4 Å². The van der Waals surface area contributed by atoms with Gasteiger partial charge in [-0.25, -0.2) is 0 Å². The summed E-state index contributed by atoms with van der Waals surface area (Å²) < 4.78 is 0. The van der Waals surface area contributed by atoms with Gasteiger partial charge in [-0.05, 0) is 31.6 Å². The van der Waals surface area contributed by atoms with Crippen LogP contribution in [0.5, 0.6) is 0 Å². The Labute approximate surface area is 68.0 Å². The van der Waals surface area contributed by atoms with E-state index in [1.807, 2.05) is 0 Å². The average molecular weight is 155 g/mol. The Morgan fingerprint density at radius 3 is 2.36 bits per heavy atom. The van der Waals surface area contributed by atoms with Crippen LogP contribution in [0.4, 0.5) is 0 Å². The Morgan fingerprint density at radius 1 is 1.27 bits per heavy atom. The van der Waals surface area contributed by atoms with Crippen LogP contribution in [0, 0.1) is 5.92 Å². The Morgan fingerprint density at radius 2 is 2.00 bits per heavy atom. The Bertz CT molecular complexity index is 142. The molecule has 0 saturated heterocycles. The van der Waals surface area contributed by atoms with E-state index in [2.05, 4.69) is 12.2 Å². The molecule has 0 spiro atoms. The van der Waals surface area contributed by atoms with E-state index in [0.717, 1.165) is 24.8 Å². The van der Waals surface area contributed by atoms with E-state index in [4.69, 9.17) is 5.11 Å². The van der Waals surface area contributed by atoms with E-state index in [9.17, 15) is 0 Å². The number of hydrogen-bond acceptors (Lipinski definition) is 2. The maximum atomic E-state index is 9.05. The fourth-order valence-corrected chi connectivity index (χ4v) is 1.94. The molecule has 2 fully saturated rings. The first-order chi connectivity index (χ1) is 5.25. The second-order valence-corrected chi connectivity index (χ2v) is 4.15. The summed E-state index contributed by atoms with van der Waals surface area (Å²) in [4.78, 5) is 0. The molecular weight excluding hydrogens is 138 g/mol. The predicted molar refractivity (Wildman–Crippen MR) is 44.4 cm³/mol. The van der Waals surface area contributed by atoms with Crippen molar-refractivity contribution in [2.24, 2.45) is 5.92 Å². The largest absolute Gasteiger partial charge is 0.393 e. The topological polar surface area (TPSA) is 32.3 Å². The molecule has 2 heteroatoms. The highest BCUT2D eigenvalue weighted by Gasteiger charge is 2.33. The van der Waals surface area contributed by atoms with Gasteiger partial charge in [-0.2, -0.15) is 0 Å². The van der Waals surface area contributed by atoms with E-state index < -0.39 is 0 Å². The number of aliphatic hydroxyl groups is 1. The quantitative estimate of drug-likeness (QED) is 0.621. The van der Waals surface area contributed by atoms with Crippen LogP contribution >= 0.6 is 0 Å². The van der Waals surface area contributed by atoms with E-state index in [-0.39, 0.29) is 6.10 Å². The Balaban J connectivity index is 1.67. The van der Waals surface area contributed by atoms with Crippen LogP contribution in [0.25, 0.3) is 0 Å². The van der Waals surface area contributed by atoms with E-state index in [0.29, 0.717) is 6.04 Å². The molecule has 0 aliphatic heterocycles. The van der Waals surface area contributed by atoms with Gasteiger partial charge in [0.1, 0.15) is 0 Å². The first-order valence-corrected chi connectivity index (χ1v) is 4.70. The zero-order valence-electron chi connectivity index (χ0n) is 7.09. The van der Waals surface area contributed by atoms with Crippen molar-refractivity contribution in [2.45, 2.75) is 50.8 Å². The van der Waals surface area contributed by atoms with Crippen molar-refractivity contribution in [1.82, 2.24) is 5.32 Å². The Kier molecular flexibility index (Phi) is 1.90. The zero-order chi connectivity index (χ0) is 7.84. The highest BCUT2D eigenvalue weighted by atomic mass is 16.3. The highest BCUT2D eigenvalue weighted by molar-refractivity contribution is 4.92. The fourth-order valence-electron chi connectivity index (χ4n) is 1.94. The lowest BCUT2D eigenvalue weighted by atomic mass is 9.78. The molecule has 64 valence electrons. The molecule has 11 heavy (non-hydrogen) atoms. The van der Waals surface area contributed by atoms with Gasteiger partial charge in [-0.3, -0.25) is 0 Å². The molecule has 2 saturated carbocycles. The summed E-state index contributed by atoms with van der Waals surface area (Å²) in [6, 6.07) is 1.38. The SMILES string of the molecule is CC1CCC1NC1CC(O)C1. The molecule has 2 unspecified atom stereocenters. The second kappa shape index (κ2) is 2.76. The van der Waals surface area contributed by atoms with Gasteiger partial charge in [0.2, 0.25) is 0 Å². The van der Waals surface area contributed by atoms with Crippen LogP contribution in [0.2, 0.25) is 0 Å². The third-order valence-corrected chi connectivity index (χ3v) is 3.18. The van der Waals surface area contributed by atoms with Gasteiger partial charge in [0.15, 0.2) is 0 Å². The van der Waals surface area contributed by atoms with Crippen molar-refractivity contribution in [3.63, 3.8) is 0 Å². The molecule has 2 N–H and O–H groups in total. The van der Waals surface area contributed by atoms with Crippen molar-refractivity contribution < 1.29 is 5.11 Å². The van der Waals surface area contributed by atoms with Crippen molar-refractivity contribution in [2.75, 3.05) is 0 Å². The zero-order valence-corrected chi connectivity index (χ0v) is 7.09. The predicted octanol–water partition coefficient (Wildman–Crippen LogP) is 0.898. The van der Waals surface area contributed by atoms with Crippen LogP contribution in [-0.4, -0.2) is 23.3 Å². The highest BCUT2D eigenvalue weighted by Crippen LogP contribution is 2.29. The molecule has 0 aromatic carbocycles. The maximum Gasteiger partial charge on any atom is 0.0570 e. The van der Waals surface area contributed by atoms with Gasteiger partial charge in [-0.15, -0.1) is 0 Å². The fraction of sp³-hybridized carbons (Fsp3) is 1.00. The van der Waals surface area contributed by atoms with Crippen LogP contribution < -0.4 is 5.32 Å². The first kappa shape index (κ1) is 7.56. The summed E-state index contributed by atoms with van der Waals surface area (Å²) in [5.41, 5.74) is 0. The minimum atomic E-state index is -0.0112. The lowest BCUT2D eigenvalue weighted by Gasteiger charge is -2.42. The standard InChI is InChI=1S/C9H17NO/c1-6-2-3-9(6)10-7-4-8(11)5-7/h6-11H,2-5H2,1H3. The summed E-state index contributed by atoms with van der Waals surface area (Å²) in [6.07, 6.45) is 4.66. The molecular formula is C9H17NO. The maximum absolute atomic E-state index is 9.05. The molecule has 0 aromatic rings. The van der Waals surface area contributed by atoms with Crippen LogP contribution in [0.3, 0.4) is 0 Å². The summed E-state index contributed by atoms with van der Waals surface area (Å²) in [7, 11) is 0. The lowest BCUT2D eigenvalue weighted by Crippen LogP contribution is -2.53. The van der Waals surface area contributed by atoms with Crippen molar-refractivity contribution in [1.29, 1.82) is 0 Å². The molecule has 0 amide bonds. The van der Waals surface area contributed by atoms with Crippen LogP contribution in [0.15, 0.2) is 0 Å². The van der Waals surface area contributed by atoms with E-state index in [1.165, 1.54) is 12.8 Å². The minimum absolute atomic E-state index is 0.0112. The molecule has 2 aliphatic rings. The van der Waals surface area contributed by atoms with Crippen molar-refractivity contribution >= 4 is 0 Å².